The van der Waals surface area contributed by atoms with Crippen LogP contribution in [-0.2, 0) is 0 Å². The molecule has 0 unspecified atom stereocenters. The predicted molar refractivity (Wildman–Crippen MR) is 86.8 cm³/mol. The maximum Gasteiger partial charge on any atom is 0.170 e. The summed E-state index contributed by atoms with van der Waals surface area (Å²) >= 11 is 2.97. The minimum atomic E-state index is -0.639. The van der Waals surface area contributed by atoms with E-state index in [0.29, 0.717) is 12.8 Å². The number of aromatic hydroxyl groups is 3. The summed E-state index contributed by atoms with van der Waals surface area (Å²) in [6.07, 6.45) is 3.09. The van der Waals surface area contributed by atoms with Gasteiger partial charge in [0, 0.05) is 12.8 Å². The molecule has 0 fully saturated rings. The molecule has 122 valence electrons. The molecular weight excluding hydrogens is 352 g/mol. The lowest BCUT2D eigenvalue weighted by Gasteiger charge is -2.14. The van der Waals surface area contributed by atoms with E-state index < -0.39 is 28.8 Å². The molecule has 0 bridgehead atoms. The fourth-order valence-corrected chi connectivity index (χ4v) is 2.53. The molecule has 0 radical (unpaired) electrons. The zero-order valence-electron chi connectivity index (χ0n) is 12.8. The van der Waals surface area contributed by atoms with Crippen LogP contribution in [0.25, 0.3) is 0 Å². The summed E-state index contributed by atoms with van der Waals surface area (Å²) in [6, 6.07) is 0. The first-order valence-electron chi connectivity index (χ1n) is 7.39. The summed E-state index contributed by atoms with van der Waals surface area (Å²) < 4.78 is -0.148. The standard InChI is InChI=1S/C16H21BrO5/c1-3-5-7-9(18)11-14(20)12(10(19)8-6-4-2)16(22)13(17)15(11)21/h20-22H,3-8H2,1-2H3. The van der Waals surface area contributed by atoms with E-state index in [9.17, 15) is 24.9 Å². The maximum atomic E-state index is 12.2. The molecule has 0 saturated heterocycles. The van der Waals surface area contributed by atoms with Crippen molar-refractivity contribution in [2.75, 3.05) is 0 Å². The van der Waals surface area contributed by atoms with E-state index in [1.807, 2.05) is 13.8 Å². The molecule has 1 rings (SSSR count). The van der Waals surface area contributed by atoms with Gasteiger partial charge in [0.1, 0.15) is 32.8 Å². The Hall–Kier alpha value is -1.56. The smallest absolute Gasteiger partial charge is 0.170 e. The third-order valence-electron chi connectivity index (χ3n) is 3.44. The number of hydrogen-bond donors (Lipinski definition) is 3. The highest BCUT2D eigenvalue weighted by Gasteiger charge is 2.29. The van der Waals surface area contributed by atoms with Gasteiger partial charge >= 0.3 is 0 Å². The Balaban J connectivity index is 3.37. The van der Waals surface area contributed by atoms with Crippen LogP contribution in [0.2, 0.25) is 0 Å². The highest BCUT2D eigenvalue weighted by Crippen LogP contribution is 2.46. The molecule has 1 aromatic carbocycles. The first-order valence-corrected chi connectivity index (χ1v) is 8.18. The SMILES string of the molecule is CCCCC(=O)c1c(O)c(Br)c(O)c(C(=O)CCCC)c1O. The van der Waals surface area contributed by atoms with Crippen LogP contribution in [0.4, 0.5) is 0 Å². The van der Waals surface area contributed by atoms with Crippen molar-refractivity contribution in [2.24, 2.45) is 0 Å². The normalized spacial score (nSPS) is 10.7. The van der Waals surface area contributed by atoms with E-state index in [1.165, 1.54) is 0 Å². The fraction of sp³-hybridized carbons (Fsp3) is 0.500. The first kappa shape index (κ1) is 18.5. The number of hydrogen-bond acceptors (Lipinski definition) is 5. The van der Waals surface area contributed by atoms with Gasteiger partial charge in [-0.1, -0.05) is 26.7 Å². The minimum Gasteiger partial charge on any atom is -0.506 e. The highest BCUT2D eigenvalue weighted by atomic mass is 79.9. The third kappa shape index (κ3) is 3.80. The highest BCUT2D eigenvalue weighted by molar-refractivity contribution is 9.10. The van der Waals surface area contributed by atoms with E-state index >= 15 is 0 Å². The first-order chi connectivity index (χ1) is 10.4. The number of Topliss-reactive ketones (excluding diaryl/α,β-unsaturated/α-hetero) is 2. The Labute approximate surface area is 138 Å². The lowest BCUT2D eigenvalue weighted by atomic mass is 9.96. The van der Waals surface area contributed by atoms with Crippen LogP contribution in [0.5, 0.6) is 17.2 Å². The number of phenolic OH excluding ortho intramolecular Hbond substituents is 3. The summed E-state index contributed by atoms with van der Waals surface area (Å²) in [5.74, 6) is -2.63. The Kier molecular flexibility index (Phi) is 6.87. The van der Waals surface area contributed by atoms with Crippen LogP contribution in [0.1, 0.15) is 73.1 Å². The Morgan fingerprint density at radius 3 is 1.50 bits per heavy atom. The van der Waals surface area contributed by atoms with Crippen molar-refractivity contribution in [1.82, 2.24) is 0 Å². The second-order valence-electron chi connectivity index (χ2n) is 5.16. The molecule has 0 aliphatic carbocycles. The number of rotatable bonds is 8. The molecule has 0 spiro atoms. The molecular formula is C16H21BrO5. The third-order valence-corrected chi connectivity index (χ3v) is 4.19. The molecule has 0 atom stereocenters. The van der Waals surface area contributed by atoms with Crippen molar-refractivity contribution < 1.29 is 24.9 Å². The monoisotopic (exact) mass is 372 g/mol. The Bertz CT molecular complexity index is 533. The van der Waals surface area contributed by atoms with Crippen LogP contribution in [-0.4, -0.2) is 26.9 Å². The lowest BCUT2D eigenvalue weighted by Crippen LogP contribution is -2.07. The van der Waals surface area contributed by atoms with Gasteiger partial charge in [-0.05, 0) is 28.8 Å². The summed E-state index contributed by atoms with van der Waals surface area (Å²) in [5, 5.41) is 30.3. The van der Waals surface area contributed by atoms with Crippen molar-refractivity contribution in [3.8, 4) is 17.2 Å². The number of benzene rings is 1. The number of ketones is 2. The molecule has 0 heterocycles. The van der Waals surface area contributed by atoms with Crippen LogP contribution >= 0.6 is 15.9 Å². The summed E-state index contributed by atoms with van der Waals surface area (Å²) in [6.45, 7) is 3.83. The maximum absolute atomic E-state index is 12.2. The molecule has 3 N–H and O–H groups in total. The zero-order valence-corrected chi connectivity index (χ0v) is 14.4. The largest absolute Gasteiger partial charge is 0.506 e. The van der Waals surface area contributed by atoms with Crippen molar-refractivity contribution in [2.45, 2.75) is 52.4 Å². The van der Waals surface area contributed by atoms with Gasteiger partial charge in [-0.2, -0.15) is 0 Å². The molecule has 0 aliphatic heterocycles. The van der Waals surface area contributed by atoms with Crippen LogP contribution in [0, 0.1) is 0 Å². The molecule has 0 amide bonds. The average Bonchev–Trinajstić information content (AvgIpc) is 2.48. The predicted octanol–water partition coefficient (Wildman–Crippen LogP) is 4.31. The van der Waals surface area contributed by atoms with E-state index in [1.54, 1.807) is 0 Å². The zero-order chi connectivity index (χ0) is 16.9. The van der Waals surface area contributed by atoms with Gasteiger partial charge in [-0.3, -0.25) is 9.59 Å². The topological polar surface area (TPSA) is 94.8 Å². The van der Waals surface area contributed by atoms with Gasteiger partial charge in [0.2, 0.25) is 0 Å². The van der Waals surface area contributed by atoms with Crippen molar-refractivity contribution >= 4 is 27.5 Å². The average molecular weight is 373 g/mol. The van der Waals surface area contributed by atoms with Gasteiger partial charge in [-0.15, -0.1) is 0 Å². The van der Waals surface area contributed by atoms with Crippen molar-refractivity contribution in [3.63, 3.8) is 0 Å². The molecule has 0 saturated carbocycles. The molecule has 5 nitrogen and oxygen atoms in total. The molecule has 0 aromatic heterocycles. The van der Waals surface area contributed by atoms with Gasteiger partial charge in [-0.25, -0.2) is 0 Å². The Morgan fingerprint density at radius 1 is 0.818 bits per heavy atom. The van der Waals surface area contributed by atoms with E-state index in [-0.39, 0.29) is 28.4 Å². The van der Waals surface area contributed by atoms with E-state index in [2.05, 4.69) is 15.9 Å². The van der Waals surface area contributed by atoms with Gasteiger partial charge in [0.25, 0.3) is 0 Å². The number of unbranched alkanes of at least 4 members (excludes halogenated alkanes) is 2. The summed E-state index contributed by atoms with van der Waals surface area (Å²) in [4.78, 5) is 24.3. The number of phenols is 3. The molecule has 1 aromatic rings. The van der Waals surface area contributed by atoms with Gasteiger partial charge in [0.05, 0.1) is 0 Å². The summed E-state index contributed by atoms with van der Waals surface area (Å²) in [7, 11) is 0. The van der Waals surface area contributed by atoms with E-state index in [0.717, 1.165) is 12.8 Å². The van der Waals surface area contributed by atoms with Gasteiger partial charge in [0.15, 0.2) is 11.6 Å². The number of halogens is 1. The second-order valence-corrected chi connectivity index (χ2v) is 5.96. The molecule has 6 heteroatoms. The van der Waals surface area contributed by atoms with Crippen molar-refractivity contribution in [1.29, 1.82) is 0 Å². The van der Waals surface area contributed by atoms with Crippen LogP contribution in [0.3, 0.4) is 0 Å². The molecule has 0 aliphatic rings. The van der Waals surface area contributed by atoms with Crippen LogP contribution in [0.15, 0.2) is 4.47 Å². The van der Waals surface area contributed by atoms with Crippen molar-refractivity contribution in [3.05, 3.63) is 15.6 Å². The van der Waals surface area contributed by atoms with Gasteiger partial charge < -0.3 is 15.3 Å². The number of carbonyl (C=O) groups excluding carboxylic acids is 2. The minimum absolute atomic E-state index is 0.148. The second kappa shape index (κ2) is 8.17. The summed E-state index contributed by atoms with van der Waals surface area (Å²) in [5.41, 5.74) is -0.615. The fourth-order valence-electron chi connectivity index (χ4n) is 2.13. The van der Waals surface area contributed by atoms with E-state index in [4.69, 9.17) is 0 Å². The number of carbonyl (C=O) groups is 2. The Morgan fingerprint density at radius 2 is 1.18 bits per heavy atom. The lowest BCUT2D eigenvalue weighted by molar-refractivity contribution is 0.0971. The molecule has 22 heavy (non-hydrogen) atoms. The quantitative estimate of drug-likeness (QED) is 0.590. The van der Waals surface area contributed by atoms with Crippen LogP contribution < -0.4 is 0 Å².